The number of benzene rings is 2. The Balaban J connectivity index is 1.76. The second-order valence-corrected chi connectivity index (χ2v) is 10.1. The molecule has 0 fully saturated rings. The third kappa shape index (κ3) is 7.04. The maximum atomic E-state index is 13.2. The fourth-order valence-corrected chi connectivity index (χ4v) is 5.68. The first-order valence-electron chi connectivity index (χ1n) is 11.2. The smallest absolute Gasteiger partial charge is 0.243 e. The van der Waals surface area contributed by atoms with Gasteiger partial charge in [-0.25, -0.2) is 8.42 Å². The Labute approximate surface area is 199 Å². The standard InChI is InChI=1S/C23H31N5O3S2/c1-3-14-28(15-4-2)16-13-24-23(29)20(17-18-9-6-5-7-10-18)27-33(30,31)21-12-8-11-19-22(21)26-32-25-19/h5-12,20,27H,3-4,13-17H2,1-2H3,(H,24,29)/t20-/m0/s1. The maximum absolute atomic E-state index is 13.2. The number of carbonyl (C=O) groups is 1. The number of hydrogen-bond donors (Lipinski definition) is 2. The topological polar surface area (TPSA) is 104 Å². The molecule has 0 aliphatic heterocycles. The molecular weight excluding hydrogens is 458 g/mol. The quantitative estimate of drug-likeness (QED) is 0.383. The van der Waals surface area contributed by atoms with Gasteiger partial charge in [-0.1, -0.05) is 50.2 Å². The Hall–Kier alpha value is -2.40. The van der Waals surface area contributed by atoms with Gasteiger partial charge in [0, 0.05) is 13.1 Å². The van der Waals surface area contributed by atoms with Crippen molar-refractivity contribution < 1.29 is 13.2 Å². The van der Waals surface area contributed by atoms with Crippen molar-refractivity contribution >= 4 is 38.7 Å². The lowest BCUT2D eigenvalue weighted by molar-refractivity contribution is -0.122. The molecule has 3 aromatic rings. The van der Waals surface area contributed by atoms with Crippen LogP contribution in [-0.2, 0) is 21.2 Å². The summed E-state index contributed by atoms with van der Waals surface area (Å²) in [5.74, 6) is -0.348. The zero-order chi connectivity index (χ0) is 23.7. The molecule has 1 amide bonds. The molecule has 0 saturated heterocycles. The molecule has 0 radical (unpaired) electrons. The van der Waals surface area contributed by atoms with E-state index in [4.69, 9.17) is 0 Å². The van der Waals surface area contributed by atoms with Crippen LogP contribution >= 0.6 is 11.7 Å². The maximum Gasteiger partial charge on any atom is 0.243 e. The van der Waals surface area contributed by atoms with Gasteiger partial charge in [0.2, 0.25) is 15.9 Å². The van der Waals surface area contributed by atoms with E-state index in [1.807, 2.05) is 30.3 Å². The number of amides is 1. The van der Waals surface area contributed by atoms with Crippen molar-refractivity contribution in [3.8, 4) is 0 Å². The lowest BCUT2D eigenvalue weighted by Crippen LogP contribution is -2.49. The molecule has 0 aliphatic carbocycles. The summed E-state index contributed by atoms with van der Waals surface area (Å²) in [6, 6.07) is 13.2. The number of fused-ring (bicyclic) bond motifs is 1. The van der Waals surface area contributed by atoms with Gasteiger partial charge in [0.25, 0.3) is 0 Å². The minimum absolute atomic E-state index is 0.0247. The Kier molecular flexibility index (Phi) is 9.30. The van der Waals surface area contributed by atoms with Crippen molar-refractivity contribution in [1.29, 1.82) is 0 Å². The molecule has 3 rings (SSSR count). The Morgan fingerprint density at radius 3 is 2.42 bits per heavy atom. The third-order valence-corrected chi connectivity index (χ3v) is 7.29. The summed E-state index contributed by atoms with van der Waals surface area (Å²) in [5, 5.41) is 2.92. The molecule has 0 aliphatic rings. The SMILES string of the molecule is CCCN(CCC)CCNC(=O)[C@H](Cc1ccccc1)NS(=O)(=O)c1cccc2nsnc12. The van der Waals surface area contributed by atoms with Crippen LogP contribution in [0.4, 0.5) is 0 Å². The van der Waals surface area contributed by atoms with E-state index in [2.05, 4.69) is 37.5 Å². The van der Waals surface area contributed by atoms with E-state index in [1.54, 1.807) is 12.1 Å². The molecule has 0 saturated carbocycles. The Bertz CT molecular complexity index is 1130. The van der Waals surface area contributed by atoms with Crippen LogP contribution < -0.4 is 10.0 Å². The van der Waals surface area contributed by atoms with Gasteiger partial charge in [-0.05, 0) is 50.0 Å². The summed E-state index contributed by atoms with van der Waals surface area (Å²) in [5.41, 5.74) is 1.69. The number of nitrogens with one attached hydrogen (secondary N) is 2. The first-order chi connectivity index (χ1) is 15.9. The van der Waals surface area contributed by atoms with Gasteiger partial charge in [-0.15, -0.1) is 0 Å². The van der Waals surface area contributed by atoms with Gasteiger partial charge < -0.3 is 10.2 Å². The highest BCUT2D eigenvalue weighted by atomic mass is 32.2. The number of aromatic nitrogens is 2. The van der Waals surface area contributed by atoms with Crippen molar-refractivity contribution in [3.05, 3.63) is 54.1 Å². The number of nitrogens with zero attached hydrogens (tertiary/aromatic N) is 3. The molecule has 0 spiro atoms. The Morgan fingerprint density at radius 2 is 1.73 bits per heavy atom. The van der Waals surface area contributed by atoms with Crippen molar-refractivity contribution in [2.75, 3.05) is 26.2 Å². The van der Waals surface area contributed by atoms with Crippen LogP contribution in [0.2, 0.25) is 0 Å². The van der Waals surface area contributed by atoms with Crippen molar-refractivity contribution in [1.82, 2.24) is 23.7 Å². The monoisotopic (exact) mass is 489 g/mol. The predicted octanol–water partition coefficient (Wildman–Crippen LogP) is 2.82. The molecule has 2 N–H and O–H groups in total. The van der Waals surface area contributed by atoms with Crippen LogP contribution in [0.25, 0.3) is 11.0 Å². The molecule has 10 heteroatoms. The van der Waals surface area contributed by atoms with E-state index in [0.29, 0.717) is 17.6 Å². The molecule has 178 valence electrons. The molecule has 0 unspecified atom stereocenters. The summed E-state index contributed by atoms with van der Waals surface area (Å²) in [6.45, 7) is 7.37. The number of rotatable bonds is 13. The number of hydrogen-bond acceptors (Lipinski definition) is 7. The van der Waals surface area contributed by atoms with Gasteiger partial charge in [0.05, 0.1) is 11.7 Å². The largest absolute Gasteiger partial charge is 0.353 e. The van der Waals surface area contributed by atoms with E-state index >= 15 is 0 Å². The van der Waals surface area contributed by atoms with Crippen LogP contribution in [0.3, 0.4) is 0 Å². The molecule has 1 atom stereocenters. The van der Waals surface area contributed by atoms with Gasteiger partial charge in [-0.3, -0.25) is 4.79 Å². The van der Waals surface area contributed by atoms with Crippen LogP contribution in [0, 0.1) is 0 Å². The van der Waals surface area contributed by atoms with Gasteiger partial charge in [-0.2, -0.15) is 13.5 Å². The first-order valence-corrected chi connectivity index (χ1v) is 13.4. The molecular formula is C23H31N5O3S2. The molecule has 1 heterocycles. The van der Waals surface area contributed by atoms with Crippen molar-refractivity contribution in [2.24, 2.45) is 0 Å². The molecule has 0 bridgehead atoms. The van der Waals surface area contributed by atoms with Crippen LogP contribution in [0.1, 0.15) is 32.3 Å². The summed E-state index contributed by atoms with van der Waals surface area (Å²) < 4.78 is 37.3. The lowest BCUT2D eigenvalue weighted by Gasteiger charge is -2.23. The minimum atomic E-state index is -4.00. The molecule has 33 heavy (non-hydrogen) atoms. The fraction of sp³-hybridized carbons (Fsp3) is 0.435. The average Bonchev–Trinajstić information content (AvgIpc) is 3.28. The molecule has 2 aromatic carbocycles. The highest BCUT2D eigenvalue weighted by Gasteiger charge is 2.28. The second-order valence-electron chi connectivity index (χ2n) is 7.88. The summed E-state index contributed by atoms with van der Waals surface area (Å²) in [7, 11) is -4.00. The lowest BCUT2D eigenvalue weighted by atomic mass is 10.1. The van der Waals surface area contributed by atoms with Gasteiger partial charge in [0.1, 0.15) is 22.0 Å². The van der Waals surface area contributed by atoms with Crippen molar-refractivity contribution in [3.63, 3.8) is 0 Å². The van der Waals surface area contributed by atoms with E-state index in [-0.39, 0.29) is 17.2 Å². The fourth-order valence-electron chi connectivity index (χ4n) is 3.71. The number of sulfonamides is 1. The zero-order valence-corrected chi connectivity index (χ0v) is 20.7. The van der Waals surface area contributed by atoms with E-state index in [1.165, 1.54) is 6.07 Å². The summed E-state index contributed by atoms with van der Waals surface area (Å²) in [4.78, 5) is 15.4. The molecule has 1 aromatic heterocycles. The van der Waals surface area contributed by atoms with Crippen LogP contribution in [0.5, 0.6) is 0 Å². The molecule has 8 nitrogen and oxygen atoms in total. The van der Waals surface area contributed by atoms with E-state index in [0.717, 1.165) is 49.8 Å². The second kappa shape index (κ2) is 12.2. The Morgan fingerprint density at radius 1 is 1.00 bits per heavy atom. The highest BCUT2D eigenvalue weighted by molar-refractivity contribution is 7.89. The summed E-state index contributed by atoms with van der Waals surface area (Å²) in [6.07, 6.45) is 2.33. The minimum Gasteiger partial charge on any atom is -0.353 e. The van der Waals surface area contributed by atoms with Crippen LogP contribution in [0.15, 0.2) is 53.4 Å². The normalized spacial score (nSPS) is 12.8. The van der Waals surface area contributed by atoms with Crippen molar-refractivity contribution in [2.45, 2.75) is 44.0 Å². The summed E-state index contributed by atoms with van der Waals surface area (Å²) >= 11 is 0.956. The highest BCUT2D eigenvalue weighted by Crippen LogP contribution is 2.21. The van der Waals surface area contributed by atoms with Gasteiger partial charge >= 0.3 is 0 Å². The van der Waals surface area contributed by atoms with E-state index < -0.39 is 16.1 Å². The van der Waals surface area contributed by atoms with Gasteiger partial charge in [0.15, 0.2) is 0 Å². The third-order valence-electron chi connectivity index (χ3n) is 5.24. The van der Waals surface area contributed by atoms with Crippen LogP contribution in [-0.4, -0.2) is 60.2 Å². The van der Waals surface area contributed by atoms with E-state index in [9.17, 15) is 13.2 Å². The number of carbonyl (C=O) groups excluding carboxylic acids is 1. The average molecular weight is 490 g/mol. The first kappa shape index (κ1) is 25.2. The zero-order valence-electron chi connectivity index (χ0n) is 19.0. The predicted molar refractivity (Wildman–Crippen MR) is 132 cm³/mol.